The van der Waals surface area contributed by atoms with Gasteiger partial charge < -0.3 is 21.1 Å². The molecule has 0 fully saturated rings. The molecule has 0 saturated carbocycles. The van der Waals surface area contributed by atoms with E-state index in [9.17, 15) is 4.79 Å². The Labute approximate surface area is 111 Å². The highest BCUT2D eigenvalue weighted by Gasteiger charge is 2.19. The number of nitrogens with one attached hydrogen (secondary N) is 2. The third kappa shape index (κ3) is 10.5. The molecule has 108 valence electrons. The van der Waals surface area contributed by atoms with E-state index in [1.54, 1.807) is 0 Å². The maximum absolute atomic E-state index is 11.7. The van der Waals surface area contributed by atoms with Crippen LogP contribution >= 0.6 is 0 Å². The second kappa shape index (κ2) is 9.30. The van der Waals surface area contributed by atoms with E-state index in [0.717, 1.165) is 26.1 Å². The molecular formula is C13H29N3O2. The minimum absolute atomic E-state index is 0.114. The molecule has 0 radical (unpaired) electrons. The van der Waals surface area contributed by atoms with E-state index in [1.807, 2.05) is 27.7 Å². The molecule has 1 atom stereocenters. The lowest BCUT2D eigenvalue weighted by atomic mass is 10.1. The van der Waals surface area contributed by atoms with Crippen LogP contribution in [0.15, 0.2) is 0 Å². The monoisotopic (exact) mass is 259 g/mol. The molecule has 0 aliphatic carbocycles. The van der Waals surface area contributed by atoms with Gasteiger partial charge in [-0.15, -0.1) is 0 Å². The summed E-state index contributed by atoms with van der Waals surface area (Å²) in [6, 6.07) is 0.114. The first-order valence-electron chi connectivity index (χ1n) is 6.75. The lowest BCUT2D eigenvalue weighted by Crippen LogP contribution is -2.41. The third-order valence-corrected chi connectivity index (χ3v) is 2.27. The number of esters is 1. The molecule has 0 aromatic heterocycles. The van der Waals surface area contributed by atoms with Crippen LogP contribution < -0.4 is 16.4 Å². The van der Waals surface area contributed by atoms with Crippen molar-refractivity contribution >= 4 is 5.97 Å². The summed E-state index contributed by atoms with van der Waals surface area (Å²) >= 11 is 0. The number of carbonyl (C=O) groups is 1. The van der Waals surface area contributed by atoms with Crippen molar-refractivity contribution in [2.24, 2.45) is 5.73 Å². The smallest absolute Gasteiger partial charge is 0.307 e. The standard InChI is InChI=1S/C13H29N3O2/c1-5-16-11(10-15-8-6-7-14)9-12(17)18-13(2,3)4/h11,15-16H,5-10,14H2,1-4H3/t11-/m0/s1. The number of nitrogens with two attached hydrogens (primary N) is 1. The molecule has 5 heteroatoms. The summed E-state index contributed by atoms with van der Waals surface area (Å²) in [5.41, 5.74) is 5.01. The molecule has 5 nitrogen and oxygen atoms in total. The number of rotatable bonds is 9. The fraction of sp³-hybridized carbons (Fsp3) is 0.923. The van der Waals surface area contributed by atoms with Gasteiger partial charge in [0.15, 0.2) is 0 Å². The second-order valence-electron chi connectivity index (χ2n) is 5.39. The maximum Gasteiger partial charge on any atom is 0.307 e. The van der Waals surface area contributed by atoms with Crippen molar-refractivity contribution < 1.29 is 9.53 Å². The Balaban J connectivity index is 3.98. The second-order valence-corrected chi connectivity index (χ2v) is 5.39. The highest BCUT2D eigenvalue weighted by Crippen LogP contribution is 2.09. The van der Waals surface area contributed by atoms with Crippen LogP contribution in [0.2, 0.25) is 0 Å². The van der Waals surface area contributed by atoms with Crippen LogP contribution in [0.1, 0.15) is 40.5 Å². The lowest BCUT2D eigenvalue weighted by molar-refractivity contribution is -0.155. The highest BCUT2D eigenvalue weighted by atomic mass is 16.6. The van der Waals surface area contributed by atoms with E-state index in [-0.39, 0.29) is 12.0 Å². The van der Waals surface area contributed by atoms with Gasteiger partial charge in [-0.1, -0.05) is 6.92 Å². The van der Waals surface area contributed by atoms with Gasteiger partial charge in [0.25, 0.3) is 0 Å². The third-order valence-electron chi connectivity index (χ3n) is 2.27. The van der Waals surface area contributed by atoms with Crippen molar-refractivity contribution in [2.75, 3.05) is 26.2 Å². The lowest BCUT2D eigenvalue weighted by Gasteiger charge is -2.23. The van der Waals surface area contributed by atoms with Crippen molar-refractivity contribution in [1.82, 2.24) is 10.6 Å². The topological polar surface area (TPSA) is 76.4 Å². The quantitative estimate of drug-likeness (QED) is 0.418. The van der Waals surface area contributed by atoms with E-state index in [2.05, 4.69) is 10.6 Å². The maximum atomic E-state index is 11.7. The number of ether oxygens (including phenoxy) is 1. The summed E-state index contributed by atoms with van der Waals surface area (Å²) in [7, 11) is 0. The SMILES string of the molecule is CCN[C@H](CNCCCN)CC(=O)OC(C)(C)C. The fourth-order valence-corrected chi connectivity index (χ4v) is 1.59. The van der Waals surface area contributed by atoms with E-state index in [0.29, 0.717) is 13.0 Å². The van der Waals surface area contributed by atoms with Crippen LogP contribution in [-0.2, 0) is 9.53 Å². The van der Waals surface area contributed by atoms with Gasteiger partial charge in [-0.25, -0.2) is 0 Å². The molecule has 0 aromatic rings. The Morgan fingerprint density at radius 2 is 2.06 bits per heavy atom. The molecule has 4 N–H and O–H groups in total. The summed E-state index contributed by atoms with van der Waals surface area (Å²) in [5, 5.41) is 6.57. The summed E-state index contributed by atoms with van der Waals surface area (Å²) in [4.78, 5) is 11.7. The zero-order chi connectivity index (χ0) is 14.0. The van der Waals surface area contributed by atoms with Gasteiger partial charge in [0.2, 0.25) is 0 Å². The predicted molar refractivity (Wildman–Crippen MR) is 74.5 cm³/mol. The van der Waals surface area contributed by atoms with Crippen molar-refractivity contribution in [2.45, 2.75) is 52.2 Å². The summed E-state index contributed by atoms with van der Waals surface area (Å²) in [6.45, 7) is 10.8. The summed E-state index contributed by atoms with van der Waals surface area (Å²) in [5.74, 6) is -0.158. The van der Waals surface area contributed by atoms with Gasteiger partial charge in [0.05, 0.1) is 6.42 Å². The first-order chi connectivity index (χ1) is 8.39. The van der Waals surface area contributed by atoms with Crippen molar-refractivity contribution in [3.8, 4) is 0 Å². The molecule has 0 rings (SSSR count). The molecule has 18 heavy (non-hydrogen) atoms. The first kappa shape index (κ1) is 17.4. The van der Waals surface area contributed by atoms with Gasteiger partial charge in [-0.05, 0) is 46.8 Å². The molecular weight excluding hydrogens is 230 g/mol. The largest absolute Gasteiger partial charge is 0.460 e. The number of likely N-dealkylation sites (N-methyl/N-ethyl adjacent to an activating group) is 1. The van der Waals surface area contributed by atoms with Crippen LogP contribution in [0.5, 0.6) is 0 Å². The normalized spacial score (nSPS) is 13.4. The van der Waals surface area contributed by atoms with E-state index < -0.39 is 5.60 Å². The van der Waals surface area contributed by atoms with Crippen LogP contribution in [0.25, 0.3) is 0 Å². The van der Waals surface area contributed by atoms with Crippen LogP contribution in [0.3, 0.4) is 0 Å². The molecule has 0 aliphatic rings. The Bertz CT molecular complexity index is 227. The van der Waals surface area contributed by atoms with Gasteiger partial charge in [-0.2, -0.15) is 0 Å². The van der Waals surface area contributed by atoms with Gasteiger partial charge in [0, 0.05) is 12.6 Å². The van der Waals surface area contributed by atoms with Crippen molar-refractivity contribution in [3.05, 3.63) is 0 Å². The van der Waals surface area contributed by atoms with Crippen molar-refractivity contribution in [1.29, 1.82) is 0 Å². The van der Waals surface area contributed by atoms with Crippen LogP contribution in [-0.4, -0.2) is 43.8 Å². The molecule has 0 amide bonds. The van der Waals surface area contributed by atoms with Gasteiger partial charge in [-0.3, -0.25) is 4.79 Å². The van der Waals surface area contributed by atoms with E-state index >= 15 is 0 Å². The fourth-order valence-electron chi connectivity index (χ4n) is 1.59. The first-order valence-corrected chi connectivity index (χ1v) is 6.75. The minimum Gasteiger partial charge on any atom is -0.460 e. The van der Waals surface area contributed by atoms with Gasteiger partial charge in [0.1, 0.15) is 5.60 Å². The zero-order valence-corrected chi connectivity index (χ0v) is 12.2. The summed E-state index contributed by atoms with van der Waals surface area (Å²) in [6.07, 6.45) is 1.34. The number of hydrogen-bond acceptors (Lipinski definition) is 5. The number of carbonyl (C=O) groups excluding carboxylic acids is 1. The van der Waals surface area contributed by atoms with Gasteiger partial charge >= 0.3 is 5.97 Å². The molecule has 0 aliphatic heterocycles. The molecule has 0 spiro atoms. The molecule has 0 bridgehead atoms. The Hall–Kier alpha value is -0.650. The Kier molecular flexibility index (Phi) is 8.97. The molecule has 0 saturated heterocycles. The molecule has 0 heterocycles. The van der Waals surface area contributed by atoms with E-state index in [1.165, 1.54) is 0 Å². The van der Waals surface area contributed by atoms with Crippen LogP contribution in [0.4, 0.5) is 0 Å². The Morgan fingerprint density at radius 3 is 2.56 bits per heavy atom. The van der Waals surface area contributed by atoms with E-state index in [4.69, 9.17) is 10.5 Å². The van der Waals surface area contributed by atoms with Crippen LogP contribution in [0, 0.1) is 0 Å². The predicted octanol–water partition coefficient (Wildman–Crippen LogP) is 0.635. The Morgan fingerprint density at radius 1 is 1.39 bits per heavy atom. The molecule has 0 unspecified atom stereocenters. The highest BCUT2D eigenvalue weighted by molar-refractivity contribution is 5.70. The zero-order valence-electron chi connectivity index (χ0n) is 12.2. The average Bonchev–Trinajstić information content (AvgIpc) is 2.21. The average molecular weight is 259 g/mol. The molecule has 0 aromatic carbocycles. The number of hydrogen-bond donors (Lipinski definition) is 3. The summed E-state index contributed by atoms with van der Waals surface area (Å²) < 4.78 is 5.32. The minimum atomic E-state index is -0.416. The van der Waals surface area contributed by atoms with Crippen molar-refractivity contribution in [3.63, 3.8) is 0 Å².